The number of carbonyl (C=O) groups excluding carboxylic acids is 1. The van der Waals surface area contributed by atoms with Crippen LogP contribution in [-0.2, 0) is 20.8 Å². The van der Waals surface area contributed by atoms with Crippen molar-refractivity contribution in [3.63, 3.8) is 0 Å². The molecule has 0 aliphatic carbocycles. The van der Waals surface area contributed by atoms with Crippen LogP contribution in [0.5, 0.6) is 0 Å². The molecule has 0 aliphatic heterocycles. The monoisotopic (exact) mass is 253 g/mol. The van der Waals surface area contributed by atoms with Gasteiger partial charge in [-0.3, -0.25) is 0 Å². The molecule has 0 radical (unpaired) electrons. The summed E-state index contributed by atoms with van der Waals surface area (Å²) in [5.74, 6) is -0.361. The van der Waals surface area contributed by atoms with Gasteiger partial charge in [0.15, 0.2) is 0 Å². The first-order chi connectivity index (χ1) is 8.77. The summed E-state index contributed by atoms with van der Waals surface area (Å²) in [4.78, 5) is 11.7. The van der Waals surface area contributed by atoms with Crippen molar-refractivity contribution < 1.29 is 19.0 Å². The van der Waals surface area contributed by atoms with Crippen LogP contribution in [0.1, 0.15) is 15.9 Å². The predicted octanol–water partition coefficient (Wildman–Crippen LogP) is 0.965. The predicted molar refractivity (Wildman–Crippen MR) is 67.3 cm³/mol. The molecule has 1 aromatic rings. The standard InChI is InChI=1S/C13H19NO4/c1-16-5-6-17-7-8-18-13(15)12-4-2-3-11(9-12)10-14/h2-4,9H,5-8,10,14H2,1H3. The van der Waals surface area contributed by atoms with Crippen molar-refractivity contribution in [3.8, 4) is 0 Å². The Hall–Kier alpha value is -1.43. The summed E-state index contributed by atoms with van der Waals surface area (Å²) in [6, 6.07) is 7.08. The number of esters is 1. The molecule has 1 aromatic carbocycles. The third-order valence-corrected chi connectivity index (χ3v) is 2.29. The van der Waals surface area contributed by atoms with E-state index in [-0.39, 0.29) is 12.6 Å². The van der Waals surface area contributed by atoms with Crippen LogP contribution in [0.3, 0.4) is 0 Å². The average molecular weight is 253 g/mol. The number of benzene rings is 1. The molecule has 0 aliphatic rings. The van der Waals surface area contributed by atoms with E-state index in [4.69, 9.17) is 19.9 Å². The SMILES string of the molecule is COCCOCCOC(=O)c1cccc(CN)c1. The number of hydrogen-bond donors (Lipinski definition) is 1. The zero-order chi connectivity index (χ0) is 13.2. The van der Waals surface area contributed by atoms with Crippen molar-refractivity contribution in [1.82, 2.24) is 0 Å². The van der Waals surface area contributed by atoms with E-state index >= 15 is 0 Å². The molecule has 0 amide bonds. The van der Waals surface area contributed by atoms with E-state index in [9.17, 15) is 4.79 Å². The number of nitrogens with two attached hydrogens (primary N) is 1. The van der Waals surface area contributed by atoms with Gasteiger partial charge in [0.2, 0.25) is 0 Å². The molecule has 0 atom stereocenters. The van der Waals surface area contributed by atoms with Crippen LogP contribution < -0.4 is 5.73 Å². The first kappa shape index (κ1) is 14.6. The van der Waals surface area contributed by atoms with E-state index in [1.165, 1.54) is 0 Å². The molecule has 2 N–H and O–H groups in total. The fourth-order valence-corrected chi connectivity index (χ4v) is 1.35. The number of ether oxygens (including phenoxy) is 3. The Morgan fingerprint density at radius 1 is 1.22 bits per heavy atom. The van der Waals surface area contributed by atoms with Gasteiger partial charge in [0, 0.05) is 13.7 Å². The molecule has 0 bridgehead atoms. The smallest absolute Gasteiger partial charge is 0.338 e. The van der Waals surface area contributed by atoms with Gasteiger partial charge < -0.3 is 19.9 Å². The topological polar surface area (TPSA) is 70.8 Å². The molecule has 0 aromatic heterocycles. The summed E-state index contributed by atoms with van der Waals surface area (Å²) in [7, 11) is 1.60. The summed E-state index contributed by atoms with van der Waals surface area (Å²) in [6.45, 7) is 2.03. The summed E-state index contributed by atoms with van der Waals surface area (Å²) >= 11 is 0. The van der Waals surface area contributed by atoms with Crippen LogP contribution >= 0.6 is 0 Å². The molecule has 0 saturated carbocycles. The lowest BCUT2D eigenvalue weighted by molar-refractivity contribution is 0.0213. The lowest BCUT2D eigenvalue weighted by atomic mass is 10.1. The molecule has 5 heteroatoms. The Balaban J connectivity index is 2.27. The number of carbonyl (C=O) groups is 1. The lowest BCUT2D eigenvalue weighted by Crippen LogP contribution is -2.13. The van der Waals surface area contributed by atoms with Crippen LogP contribution in [0.2, 0.25) is 0 Å². The number of methoxy groups -OCH3 is 1. The molecule has 0 fully saturated rings. The average Bonchev–Trinajstić information content (AvgIpc) is 2.42. The van der Waals surface area contributed by atoms with Crippen LogP contribution in [0.25, 0.3) is 0 Å². The first-order valence-corrected chi connectivity index (χ1v) is 5.80. The summed E-state index contributed by atoms with van der Waals surface area (Å²) < 4.78 is 15.1. The molecule has 0 heterocycles. The summed E-state index contributed by atoms with van der Waals surface area (Å²) in [5, 5.41) is 0. The Morgan fingerprint density at radius 2 is 2.00 bits per heavy atom. The van der Waals surface area contributed by atoms with Gasteiger partial charge >= 0.3 is 5.97 Å². The van der Waals surface area contributed by atoms with E-state index < -0.39 is 0 Å². The van der Waals surface area contributed by atoms with Gasteiger partial charge in [0.25, 0.3) is 0 Å². The van der Waals surface area contributed by atoms with Crippen LogP contribution in [-0.4, -0.2) is 39.5 Å². The Labute approximate surface area is 107 Å². The van der Waals surface area contributed by atoms with E-state index in [0.717, 1.165) is 5.56 Å². The van der Waals surface area contributed by atoms with Crippen LogP contribution in [0, 0.1) is 0 Å². The number of hydrogen-bond acceptors (Lipinski definition) is 5. The van der Waals surface area contributed by atoms with Crippen molar-refractivity contribution in [1.29, 1.82) is 0 Å². The van der Waals surface area contributed by atoms with E-state index in [0.29, 0.717) is 31.9 Å². The van der Waals surface area contributed by atoms with Gasteiger partial charge in [-0.15, -0.1) is 0 Å². The molecule has 1 rings (SSSR count). The highest BCUT2D eigenvalue weighted by Gasteiger charge is 2.06. The van der Waals surface area contributed by atoms with Gasteiger partial charge in [-0.1, -0.05) is 12.1 Å². The van der Waals surface area contributed by atoms with Gasteiger partial charge in [0.1, 0.15) is 6.61 Å². The van der Waals surface area contributed by atoms with Crippen molar-refractivity contribution in [2.45, 2.75) is 6.54 Å². The third-order valence-electron chi connectivity index (χ3n) is 2.29. The number of rotatable bonds is 8. The Kier molecular flexibility index (Phi) is 7.01. The highest BCUT2D eigenvalue weighted by atomic mass is 16.6. The van der Waals surface area contributed by atoms with Crippen LogP contribution in [0.15, 0.2) is 24.3 Å². The fraction of sp³-hybridized carbons (Fsp3) is 0.462. The lowest BCUT2D eigenvalue weighted by Gasteiger charge is -2.06. The normalized spacial score (nSPS) is 10.3. The molecule has 5 nitrogen and oxygen atoms in total. The second kappa shape index (κ2) is 8.63. The third kappa shape index (κ3) is 5.27. The minimum atomic E-state index is -0.361. The maximum Gasteiger partial charge on any atom is 0.338 e. The maximum atomic E-state index is 11.7. The minimum absolute atomic E-state index is 0.232. The van der Waals surface area contributed by atoms with Crippen molar-refractivity contribution in [2.75, 3.05) is 33.5 Å². The van der Waals surface area contributed by atoms with E-state index in [1.54, 1.807) is 25.3 Å². The highest BCUT2D eigenvalue weighted by Crippen LogP contribution is 2.06. The van der Waals surface area contributed by atoms with Crippen molar-refractivity contribution in [2.24, 2.45) is 5.73 Å². The zero-order valence-corrected chi connectivity index (χ0v) is 10.6. The summed E-state index contributed by atoms with van der Waals surface area (Å²) in [6.07, 6.45) is 0. The highest BCUT2D eigenvalue weighted by molar-refractivity contribution is 5.89. The quantitative estimate of drug-likeness (QED) is 0.552. The first-order valence-electron chi connectivity index (χ1n) is 5.80. The minimum Gasteiger partial charge on any atom is -0.460 e. The second-order valence-corrected chi connectivity index (χ2v) is 3.65. The second-order valence-electron chi connectivity index (χ2n) is 3.65. The molecular weight excluding hydrogens is 234 g/mol. The maximum absolute atomic E-state index is 11.7. The molecule has 18 heavy (non-hydrogen) atoms. The zero-order valence-electron chi connectivity index (χ0n) is 10.6. The summed E-state index contributed by atoms with van der Waals surface area (Å²) in [5.41, 5.74) is 6.92. The van der Waals surface area contributed by atoms with Crippen LogP contribution in [0.4, 0.5) is 0 Å². The fourth-order valence-electron chi connectivity index (χ4n) is 1.35. The molecule has 0 unspecified atom stereocenters. The van der Waals surface area contributed by atoms with E-state index in [2.05, 4.69) is 0 Å². The van der Waals surface area contributed by atoms with Crippen molar-refractivity contribution >= 4 is 5.97 Å². The van der Waals surface area contributed by atoms with Gasteiger partial charge in [0.05, 0.1) is 25.4 Å². The van der Waals surface area contributed by atoms with Crippen molar-refractivity contribution in [3.05, 3.63) is 35.4 Å². The van der Waals surface area contributed by atoms with Gasteiger partial charge in [-0.25, -0.2) is 4.79 Å². The molecule has 0 saturated heterocycles. The Morgan fingerprint density at radius 3 is 2.72 bits per heavy atom. The van der Waals surface area contributed by atoms with E-state index in [1.807, 2.05) is 6.07 Å². The largest absolute Gasteiger partial charge is 0.460 e. The molecular formula is C13H19NO4. The Bertz CT molecular complexity index is 368. The molecule has 100 valence electrons. The van der Waals surface area contributed by atoms with Gasteiger partial charge in [-0.05, 0) is 17.7 Å². The molecule has 0 spiro atoms. The van der Waals surface area contributed by atoms with Gasteiger partial charge in [-0.2, -0.15) is 0 Å².